The number of amides is 1. The van der Waals surface area contributed by atoms with Crippen LogP contribution >= 0.6 is 0 Å². The van der Waals surface area contributed by atoms with Gasteiger partial charge in [0.2, 0.25) is 0 Å². The first-order valence-electron chi connectivity index (χ1n) is 7.94. The molecule has 0 heterocycles. The molecule has 1 amide bonds. The van der Waals surface area contributed by atoms with E-state index in [2.05, 4.69) is 17.2 Å². The predicted molar refractivity (Wildman–Crippen MR) is 101 cm³/mol. The van der Waals surface area contributed by atoms with Gasteiger partial charge in [0.1, 0.15) is 0 Å². The van der Waals surface area contributed by atoms with E-state index in [1.165, 1.54) is 6.07 Å². The molecular formula is C22H15NO3. The maximum atomic E-state index is 12.1. The monoisotopic (exact) mass is 341 g/mol. The zero-order valence-corrected chi connectivity index (χ0v) is 13.8. The molecule has 0 fully saturated rings. The van der Waals surface area contributed by atoms with Gasteiger partial charge >= 0.3 is 11.9 Å². The number of hydrogen-bond donors (Lipinski definition) is 2. The maximum Gasteiger partial charge on any atom is 0.337 e. The molecule has 3 rings (SSSR count). The minimum Gasteiger partial charge on any atom is -0.478 e. The molecule has 4 heteroatoms. The number of carboxylic acids is 1. The summed E-state index contributed by atoms with van der Waals surface area (Å²) in [6, 6.07) is 23.4. The number of rotatable bonds is 3. The molecule has 0 saturated heterocycles. The minimum atomic E-state index is -1.11. The highest BCUT2D eigenvalue weighted by molar-refractivity contribution is 6.08. The molecule has 0 saturated carbocycles. The van der Waals surface area contributed by atoms with Gasteiger partial charge in [0.15, 0.2) is 0 Å². The van der Waals surface area contributed by atoms with Gasteiger partial charge in [-0.1, -0.05) is 60.5 Å². The number of hydrogen-bond acceptors (Lipinski definition) is 2. The fourth-order valence-corrected chi connectivity index (χ4v) is 2.45. The molecule has 0 bridgehead atoms. The average molecular weight is 341 g/mol. The van der Waals surface area contributed by atoms with Crippen molar-refractivity contribution in [3.63, 3.8) is 0 Å². The van der Waals surface area contributed by atoms with Crippen LogP contribution in [0.3, 0.4) is 0 Å². The van der Waals surface area contributed by atoms with Crippen LogP contribution in [0.2, 0.25) is 0 Å². The van der Waals surface area contributed by atoms with Crippen LogP contribution in [0.15, 0.2) is 78.9 Å². The third kappa shape index (κ3) is 4.16. The van der Waals surface area contributed by atoms with Gasteiger partial charge in [-0.15, -0.1) is 0 Å². The van der Waals surface area contributed by atoms with Gasteiger partial charge in [-0.3, -0.25) is 4.79 Å². The Kier molecular flexibility index (Phi) is 5.11. The Morgan fingerprint density at radius 3 is 2.12 bits per heavy atom. The van der Waals surface area contributed by atoms with Crippen LogP contribution in [0.25, 0.3) is 11.1 Å². The van der Waals surface area contributed by atoms with Crippen LogP contribution in [0.4, 0.5) is 5.69 Å². The molecule has 4 nitrogen and oxygen atoms in total. The zero-order chi connectivity index (χ0) is 18.4. The first kappa shape index (κ1) is 17.0. The Bertz CT molecular complexity index is 1000. The zero-order valence-electron chi connectivity index (χ0n) is 13.8. The average Bonchev–Trinajstić information content (AvgIpc) is 2.67. The lowest BCUT2D eigenvalue weighted by atomic mass is 10.0. The van der Waals surface area contributed by atoms with Crippen molar-refractivity contribution >= 4 is 17.6 Å². The van der Waals surface area contributed by atoms with E-state index < -0.39 is 11.9 Å². The largest absolute Gasteiger partial charge is 0.478 e. The molecule has 0 aliphatic heterocycles. The van der Waals surface area contributed by atoms with Gasteiger partial charge in [0, 0.05) is 11.5 Å². The van der Waals surface area contributed by atoms with E-state index in [1.54, 1.807) is 24.3 Å². The number of nitrogens with one attached hydrogen (secondary N) is 1. The van der Waals surface area contributed by atoms with Crippen molar-refractivity contribution in [1.82, 2.24) is 0 Å². The second-order valence-electron chi connectivity index (χ2n) is 5.50. The number of carboxylic acid groups (broad SMARTS) is 1. The molecule has 26 heavy (non-hydrogen) atoms. The lowest BCUT2D eigenvalue weighted by molar-refractivity contribution is -0.111. The van der Waals surface area contributed by atoms with E-state index in [0.717, 1.165) is 11.1 Å². The van der Waals surface area contributed by atoms with E-state index in [9.17, 15) is 14.7 Å². The summed E-state index contributed by atoms with van der Waals surface area (Å²) < 4.78 is 0. The highest BCUT2D eigenvalue weighted by Crippen LogP contribution is 2.25. The van der Waals surface area contributed by atoms with E-state index in [4.69, 9.17) is 0 Å². The smallest absolute Gasteiger partial charge is 0.337 e. The Balaban J connectivity index is 1.89. The Hall–Kier alpha value is -3.84. The molecular weight excluding hydrogens is 326 g/mol. The number of aromatic carboxylic acids is 1. The summed E-state index contributed by atoms with van der Waals surface area (Å²) in [7, 11) is 0. The number of carbonyl (C=O) groups is 2. The molecule has 126 valence electrons. The van der Waals surface area contributed by atoms with Crippen LogP contribution in [0.5, 0.6) is 0 Å². The molecule has 3 aromatic rings. The van der Waals surface area contributed by atoms with E-state index in [1.807, 2.05) is 48.5 Å². The summed E-state index contributed by atoms with van der Waals surface area (Å²) in [5.41, 5.74) is 2.67. The third-order valence-electron chi connectivity index (χ3n) is 3.70. The summed E-state index contributed by atoms with van der Waals surface area (Å²) in [5, 5.41) is 11.9. The lowest BCUT2D eigenvalue weighted by Crippen LogP contribution is -2.12. The van der Waals surface area contributed by atoms with Crippen LogP contribution in [0.1, 0.15) is 15.9 Å². The van der Waals surface area contributed by atoms with Crippen molar-refractivity contribution < 1.29 is 14.7 Å². The van der Waals surface area contributed by atoms with Gasteiger partial charge in [-0.2, -0.15) is 0 Å². The Morgan fingerprint density at radius 2 is 1.46 bits per heavy atom. The number of carbonyl (C=O) groups excluding carboxylic acids is 1. The van der Waals surface area contributed by atoms with Crippen molar-refractivity contribution in [1.29, 1.82) is 0 Å². The third-order valence-corrected chi connectivity index (χ3v) is 3.70. The normalized spacial score (nSPS) is 9.69. The van der Waals surface area contributed by atoms with Gasteiger partial charge in [-0.25, -0.2) is 4.79 Å². The van der Waals surface area contributed by atoms with E-state index >= 15 is 0 Å². The second-order valence-corrected chi connectivity index (χ2v) is 5.50. The Morgan fingerprint density at radius 1 is 0.808 bits per heavy atom. The summed E-state index contributed by atoms with van der Waals surface area (Å²) in [4.78, 5) is 23.6. The van der Waals surface area contributed by atoms with Gasteiger partial charge in [0.25, 0.3) is 0 Å². The molecule has 3 aromatic carbocycles. The molecule has 0 radical (unpaired) electrons. The molecule has 2 N–H and O–H groups in total. The summed E-state index contributed by atoms with van der Waals surface area (Å²) in [6.07, 6.45) is 0. The molecule has 0 aliphatic carbocycles. The summed E-state index contributed by atoms with van der Waals surface area (Å²) in [5.74, 6) is 3.55. The van der Waals surface area contributed by atoms with Crippen LogP contribution in [-0.2, 0) is 4.79 Å². The standard InChI is InChI=1S/C22H15NO3/c24-21(14-11-16-7-3-1-4-8-16)23-20-15-18(12-13-19(20)22(25)26)17-9-5-2-6-10-17/h1-10,12-13,15H,(H,23,24)(H,25,26). The SMILES string of the molecule is O=C(C#Cc1ccccc1)Nc1cc(-c2ccccc2)ccc1C(=O)O. The second kappa shape index (κ2) is 7.82. The Labute approximate surface area is 151 Å². The minimum absolute atomic E-state index is 0.0135. The first-order valence-corrected chi connectivity index (χ1v) is 7.94. The lowest BCUT2D eigenvalue weighted by Gasteiger charge is -2.09. The van der Waals surface area contributed by atoms with Crippen LogP contribution < -0.4 is 5.32 Å². The summed E-state index contributed by atoms with van der Waals surface area (Å²) in [6.45, 7) is 0. The summed E-state index contributed by atoms with van der Waals surface area (Å²) >= 11 is 0. The van der Waals surface area contributed by atoms with Crippen molar-refractivity contribution in [2.45, 2.75) is 0 Å². The topological polar surface area (TPSA) is 66.4 Å². The van der Waals surface area contributed by atoms with Crippen molar-refractivity contribution in [3.8, 4) is 23.0 Å². The van der Waals surface area contributed by atoms with E-state index in [-0.39, 0.29) is 11.3 Å². The highest BCUT2D eigenvalue weighted by Gasteiger charge is 2.13. The highest BCUT2D eigenvalue weighted by atomic mass is 16.4. The van der Waals surface area contributed by atoms with Gasteiger partial charge in [0.05, 0.1) is 11.3 Å². The maximum absolute atomic E-state index is 12.1. The quantitative estimate of drug-likeness (QED) is 0.707. The fourth-order valence-electron chi connectivity index (χ4n) is 2.45. The first-order chi connectivity index (χ1) is 12.6. The van der Waals surface area contributed by atoms with Crippen LogP contribution in [-0.4, -0.2) is 17.0 Å². The number of benzene rings is 3. The van der Waals surface area contributed by atoms with Gasteiger partial charge < -0.3 is 10.4 Å². The fraction of sp³-hybridized carbons (Fsp3) is 0. The predicted octanol–water partition coefficient (Wildman–Crippen LogP) is 4.04. The molecule has 0 spiro atoms. The van der Waals surface area contributed by atoms with Gasteiger partial charge in [-0.05, 0) is 35.4 Å². The van der Waals surface area contributed by atoms with Crippen molar-refractivity contribution in [3.05, 3.63) is 90.0 Å². The molecule has 0 aromatic heterocycles. The van der Waals surface area contributed by atoms with Crippen molar-refractivity contribution in [2.75, 3.05) is 5.32 Å². The van der Waals surface area contributed by atoms with Crippen LogP contribution in [0, 0.1) is 11.8 Å². The molecule has 0 aliphatic rings. The molecule has 0 atom stereocenters. The molecule has 0 unspecified atom stereocenters. The number of anilines is 1. The van der Waals surface area contributed by atoms with E-state index in [0.29, 0.717) is 5.56 Å². The van der Waals surface area contributed by atoms with Crippen molar-refractivity contribution in [2.24, 2.45) is 0 Å².